The Morgan fingerprint density at radius 2 is 1.78 bits per heavy atom. The van der Waals surface area contributed by atoms with E-state index < -0.39 is 0 Å². The van der Waals surface area contributed by atoms with Crippen LogP contribution in [-0.2, 0) is 11.8 Å². The molecule has 2 aromatic carbocycles. The van der Waals surface area contributed by atoms with E-state index in [9.17, 15) is 4.79 Å². The SMILES string of the molecule is COc1ccc(-c2nnc(S[C@@H](C)C(=O)Nc3ccc(C)cc3)n2C)cc1. The number of thioether (sulfide) groups is 1. The summed E-state index contributed by atoms with van der Waals surface area (Å²) in [5.41, 5.74) is 2.88. The highest BCUT2D eigenvalue weighted by molar-refractivity contribution is 8.00. The second-order valence-corrected chi connectivity index (χ2v) is 7.52. The summed E-state index contributed by atoms with van der Waals surface area (Å²) in [5, 5.41) is 11.8. The Labute approximate surface area is 163 Å². The maximum Gasteiger partial charge on any atom is 0.237 e. The molecule has 0 saturated heterocycles. The summed E-state index contributed by atoms with van der Waals surface area (Å²) < 4.78 is 7.07. The van der Waals surface area contributed by atoms with Crippen molar-refractivity contribution in [1.29, 1.82) is 0 Å². The largest absolute Gasteiger partial charge is 0.497 e. The van der Waals surface area contributed by atoms with Crippen LogP contribution in [0.1, 0.15) is 12.5 Å². The number of hydrogen-bond acceptors (Lipinski definition) is 5. The van der Waals surface area contributed by atoms with Gasteiger partial charge in [0.15, 0.2) is 11.0 Å². The van der Waals surface area contributed by atoms with Crippen molar-refractivity contribution in [1.82, 2.24) is 14.8 Å². The van der Waals surface area contributed by atoms with Crippen LogP contribution in [0.5, 0.6) is 5.75 Å². The smallest absolute Gasteiger partial charge is 0.237 e. The first-order valence-corrected chi connectivity index (χ1v) is 9.44. The van der Waals surface area contributed by atoms with Gasteiger partial charge in [-0.3, -0.25) is 4.79 Å². The first-order valence-electron chi connectivity index (χ1n) is 8.56. The third kappa shape index (κ3) is 4.49. The maximum absolute atomic E-state index is 12.5. The number of aryl methyl sites for hydroxylation is 1. The molecule has 3 rings (SSSR count). The number of carbonyl (C=O) groups is 1. The molecule has 1 amide bonds. The number of carbonyl (C=O) groups excluding carboxylic acids is 1. The minimum Gasteiger partial charge on any atom is -0.497 e. The summed E-state index contributed by atoms with van der Waals surface area (Å²) in [6, 6.07) is 15.4. The fourth-order valence-electron chi connectivity index (χ4n) is 2.50. The van der Waals surface area contributed by atoms with Gasteiger partial charge < -0.3 is 14.6 Å². The van der Waals surface area contributed by atoms with Crippen LogP contribution in [0.25, 0.3) is 11.4 Å². The number of benzene rings is 2. The molecule has 0 fully saturated rings. The number of rotatable bonds is 6. The standard InChI is InChI=1S/C20H22N4O2S/c1-13-5-9-16(10-6-13)21-19(25)14(2)27-20-23-22-18(24(20)3)15-7-11-17(26-4)12-8-15/h5-12,14H,1-4H3,(H,21,25)/t14-/m0/s1. The summed E-state index contributed by atoms with van der Waals surface area (Å²) >= 11 is 1.38. The van der Waals surface area contributed by atoms with E-state index >= 15 is 0 Å². The maximum atomic E-state index is 12.5. The number of ether oxygens (including phenoxy) is 1. The van der Waals surface area contributed by atoms with Gasteiger partial charge in [0.25, 0.3) is 0 Å². The zero-order valence-corrected chi connectivity index (χ0v) is 16.6. The first-order chi connectivity index (χ1) is 13.0. The number of anilines is 1. The number of nitrogens with zero attached hydrogens (tertiary/aromatic N) is 3. The molecule has 0 aliphatic carbocycles. The van der Waals surface area contributed by atoms with Crippen molar-refractivity contribution < 1.29 is 9.53 Å². The van der Waals surface area contributed by atoms with E-state index in [-0.39, 0.29) is 11.2 Å². The topological polar surface area (TPSA) is 69.0 Å². The lowest BCUT2D eigenvalue weighted by Crippen LogP contribution is -2.22. The van der Waals surface area contributed by atoms with Gasteiger partial charge in [-0.25, -0.2) is 0 Å². The molecule has 0 aliphatic rings. The number of amides is 1. The molecule has 0 unspecified atom stereocenters. The third-order valence-electron chi connectivity index (χ3n) is 4.15. The lowest BCUT2D eigenvalue weighted by atomic mass is 10.2. The van der Waals surface area contributed by atoms with Crippen LogP contribution in [-0.4, -0.2) is 33.0 Å². The lowest BCUT2D eigenvalue weighted by molar-refractivity contribution is -0.115. The highest BCUT2D eigenvalue weighted by Crippen LogP contribution is 2.27. The van der Waals surface area contributed by atoms with Gasteiger partial charge >= 0.3 is 0 Å². The van der Waals surface area contributed by atoms with Crippen LogP contribution in [0.15, 0.2) is 53.7 Å². The quantitative estimate of drug-likeness (QED) is 0.655. The number of methoxy groups -OCH3 is 1. The number of aromatic nitrogens is 3. The van der Waals surface area contributed by atoms with Crippen molar-refractivity contribution in [3.63, 3.8) is 0 Å². The second-order valence-electron chi connectivity index (χ2n) is 6.21. The lowest BCUT2D eigenvalue weighted by Gasteiger charge is -2.12. The second kappa shape index (κ2) is 8.26. The fraction of sp³-hybridized carbons (Fsp3) is 0.250. The Morgan fingerprint density at radius 1 is 1.11 bits per heavy atom. The molecule has 1 aromatic heterocycles. The molecule has 3 aromatic rings. The average molecular weight is 382 g/mol. The molecular weight excluding hydrogens is 360 g/mol. The monoisotopic (exact) mass is 382 g/mol. The van der Waals surface area contributed by atoms with Gasteiger partial charge in [0.05, 0.1) is 12.4 Å². The fourth-order valence-corrected chi connectivity index (χ4v) is 3.32. The van der Waals surface area contributed by atoms with Crippen LogP contribution in [0, 0.1) is 6.92 Å². The van der Waals surface area contributed by atoms with Crippen LogP contribution in [0.4, 0.5) is 5.69 Å². The van der Waals surface area contributed by atoms with Crippen molar-refractivity contribution in [2.24, 2.45) is 7.05 Å². The van der Waals surface area contributed by atoms with E-state index in [1.54, 1.807) is 7.11 Å². The molecule has 0 bridgehead atoms. The normalized spacial score (nSPS) is 11.9. The van der Waals surface area contributed by atoms with Gasteiger partial charge in [0, 0.05) is 18.3 Å². The van der Waals surface area contributed by atoms with Gasteiger partial charge in [-0.2, -0.15) is 0 Å². The zero-order valence-electron chi connectivity index (χ0n) is 15.8. The van der Waals surface area contributed by atoms with Crippen molar-refractivity contribution in [2.75, 3.05) is 12.4 Å². The molecule has 1 atom stereocenters. The van der Waals surface area contributed by atoms with E-state index in [1.807, 2.05) is 74.0 Å². The molecule has 0 aliphatic heterocycles. The molecule has 1 N–H and O–H groups in total. The first kappa shape index (κ1) is 19.0. The summed E-state index contributed by atoms with van der Waals surface area (Å²) in [7, 11) is 3.53. The minimum atomic E-state index is -0.307. The van der Waals surface area contributed by atoms with Crippen LogP contribution in [0.2, 0.25) is 0 Å². The molecule has 6 nitrogen and oxygen atoms in total. The Balaban J connectivity index is 1.68. The summed E-state index contributed by atoms with van der Waals surface area (Å²) in [5.74, 6) is 1.46. The van der Waals surface area contributed by atoms with Gasteiger partial charge in [-0.05, 0) is 50.2 Å². The third-order valence-corrected chi connectivity index (χ3v) is 5.29. The predicted octanol–water partition coefficient (Wildman–Crippen LogP) is 3.92. The van der Waals surface area contributed by atoms with E-state index in [0.717, 1.165) is 28.4 Å². The molecule has 7 heteroatoms. The molecular formula is C20H22N4O2S. The molecule has 27 heavy (non-hydrogen) atoms. The van der Waals surface area contributed by atoms with Crippen LogP contribution in [0.3, 0.4) is 0 Å². The van der Waals surface area contributed by atoms with Crippen molar-refractivity contribution in [2.45, 2.75) is 24.3 Å². The van der Waals surface area contributed by atoms with Crippen molar-refractivity contribution >= 4 is 23.4 Å². The van der Waals surface area contributed by atoms with Gasteiger partial charge in [-0.15, -0.1) is 10.2 Å². The number of hydrogen-bond donors (Lipinski definition) is 1. The molecule has 1 heterocycles. The van der Waals surface area contributed by atoms with Gasteiger partial charge in [0.2, 0.25) is 5.91 Å². The number of nitrogens with one attached hydrogen (secondary N) is 1. The van der Waals surface area contributed by atoms with Crippen molar-refractivity contribution in [3.8, 4) is 17.1 Å². The highest BCUT2D eigenvalue weighted by Gasteiger charge is 2.19. The predicted molar refractivity (Wildman–Crippen MR) is 108 cm³/mol. The van der Waals surface area contributed by atoms with Crippen LogP contribution < -0.4 is 10.1 Å². The summed E-state index contributed by atoms with van der Waals surface area (Å²) in [6.45, 7) is 3.87. The Hall–Kier alpha value is -2.80. The molecule has 0 saturated carbocycles. The molecule has 0 radical (unpaired) electrons. The van der Waals surface area contributed by atoms with Gasteiger partial charge in [-0.1, -0.05) is 29.5 Å². The van der Waals surface area contributed by atoms with Crippen LogP contribution >= 0.6 is 11.8 Å². The summed E-state index contributed by atoms with van der Waals surface area (Å²) in [4.78, 5) is 12.5. The summed E-state index contributed by atoms with van der Waals surface area (Å²) in [6.07, 6.45) is 0. The highest BCUT2D eigenvalue weighted by atomic mass is 32.2. The van der Waals surface area contributed by atoms with E-state index in [2.05, 4.69) is 15.5 Å². The molecule has 0 spiro atoms. The minimum absolute atomic E-state index is 0.0714. The Morgan fingerprint density at radius 3 is 2.41 bits per heavy atom. The molecule has 140 valence electrons. The average Bonchev–Trinajstić information content (AvgIpc) is 3.04. The van der Waals surface area contributed by atoms with Crippen molar-refractivity contribution in [3.05, 3.63) is 54.1 Å². The Kier molecular flexibility index (Phi) is 5.81. The van der Waals surface area contributed by atoms with E-state index in [1.165, 1.54) is 11.8 Å². The Bertz CT molecular complexity index is 920. The van der Waals surface area contributed by atoms with Gasteiger partial charge in [0.1, 0.15) is 5.75 Å². The van der Waals surface area contributed by atoms with E-state index in [4.69, 9.17) is 4.74 Å². The zero-order chi connectivity index (χ0) is 19.4. The van der Waals surface area contributed by atoms with E-state index in [0.29, 0.717) is 5.16 Å².